The van der Waals surface area contributed by atoms with Crippen molar-refractivity contribution in [3.63, 3.8) is 0 Å². The molecule has 15 heteroatoms. The van der Waals surface area contributed by atoms with E-state index in [1.165, 1.54) is 6.92 Å². The van der Waals surface area contributed by atoms with Crippen LogP contribution in [0.25, 0.3) is 0 Å². The summed E-state index contributed by atoms with van der Waals surface area (Å²) in [5.41, 5.74) is 0. The van der Waals surface area contributed by atoms with E-state index < -0.39 is 73.1 Å². The van der Waals surface area contributed by atoms with Crippen LogP contribution >= 0.6 is 0 Å². The number of rotatable bonds is 12. The second-order valence-electron chi connectivity index (χ2n) is 6.37. The number of aliphatic carboxylic acids is 1. The first-order chi connectivity index (χ1) is 13.3. The SMILES string of the molecule is CCC(CC(C)C(=O)O)C(=O)OCC(F)C(F)(F)C(F)(F)C(F)(F)C(F)(F)C(F)F. The third kappa shape index (κ3) is 5.25. The summed E-state index contributed by atoms with van der Waals surface area (Å²) in [6.07, 6.45) is -10.6. The number of carboxylic acids is 1. The summed E-state index contributed by atoms with van der Waals surface area (Å²) >= 11 is 0. The van der Waals surface area contributed by atoms with Crippen molar-refractivity contribution in [2.24, 2.45) is 11.8 Å². The average Bonchev–Trinajstić information content (AvgIpc) is 2.62. The van der Waals surface area contributed by atoms with E-state index >= 15 is 0 Å². The van der Waals surface area contributed by atoms with Crippen LogP contribution in [0.4, 0.5) is 48.3 Å². The van der Waals surface area contributed by atoms with E-state index in [9.17, 15) is 57.9 Å². The summed E-state index contributed by atoms with van der Waals surface area (Å²) in [5, 5.41) is 8.72. The average molecular weight is 470 g/mol. The van der Waals surface area contributed by atoms with E-state index in [0.717, 1.165) is 6.92 Å². The summed E-state index contributed by atoms with van der Waals surface area (Å²) in [7, 11) is 0. The topological polar surface area (TPSA) is 63.6 Å². The lowest BCUT2D eigenvalue weighted by Crippen LogP contribution is -2.66. The minimum Gasteiger partial charge on any atom is -0.481 e. The fraction of sp³-hybridized carbons (Fsp3) is 0.867. The molecule has 1 N–H and O–H groups in total. The van der Waals surface area contributed by atoms with Gasteiger partial charge in [0.1, 0.15) is 6.61 Å². The van der Waals surface area contributed by atoms with Gasteiger partial charge in [-0.25, -0.2) is 13.2 Å². The lowest BCUT2D eigenvalue weighted by atomic mass is 9.93. The molecule has 0 saturated carbocycles. The molecule has 0 heterocycles. The van der Waals surface area contributed by atoms with Crippen molar-refractivity contribution in [3.8, 4) is 0 Å². The van der Waals surface area contributed by atoms with E-state index in [0.29, 0.717) is 0 Å². The van der Waals surface area contributed by atoms with Crippen molar-refractivity contribution in [2.45, 2.75) is 63.0 Å². The van der Waals surface area contributed by atoms with Crippen molar-refractivity contribution < 1.29 is 67.7 Å². The zero-order valence-corrected chi connectivity index (χ0v) is 15.3. The number of hydrogen-bond acceptors (Lipinski definition) is 3. The molecule has 0 aliphatic rings. The Morgan fingerprint density at radius 2 is 1.33 bits per heavy atom. The van der Waals surface area contributed by atoms with Crippen LogP contribution in [0, 0.1) is 11.8 Å². The second kappa shape index (κ2) is 9.54. The Morgan fingerprint density at radius 1 is 0.900 bits per heavy atom. The fourth-order valence-corrected chi connectivity index (χ4v) is 2.09. The van der Waals surface area contributed by atoms with Gasteiger partial charge in [0.25, 0.3) is 0 Å². The van der Waals surface area contributed by atoms with Crippen LogP contribution in [-0.4, -0.2) is 59.9 Å². The molecule has 0 aromatic rings. The van der Waals surface area contributed by atoms with Gasteiger partial charge in [-0.1, -0.05) is 13.8 Å². The van der Waals surface area contributed by atoms with Crippen molar-refractivity contribution in [2.75, 3.05) is 6.61 Å². The Labute approximate surface area is 162 Å². The van der Waals surface area contributed by atoms with Crippen LogP contribution in [0.15, 0.2) is 0 Å². The van der Waals surface area contributed by atoms with E-state index in [-0.39, 0.29) is 6.42 Å². The maximum absolute atomic E-state index is 13.5. The molecule has 4 nitrogen and oxygen atoms in total. The molecule has 0 aromatic heterocycles. The fourth-order valence-electron chi connectivity index (χ4n) is 2.09. The molecule has 3 atom stereocenters. The van der Waals surface area contributed by atoms with Crippen LogP contribution in [0.1, 0.15) is 26.7 Å². The van der Waals surface area contributed by atoms with Crippen LogP contribution in [0.2, 0.25) is 0 Å². The lowest BCUT2D eigenvalue weighted by molar-refractivity contribution is -0.391. The summed E-state index contributed by atoms with van der Waals surface area (Å²) in [4.78, 5) is 22.4. The van der Waals surface area contributed by atoms with Crippen LogP contribution < -0.4 is 0 Å². The molecule has 0 bridgehead atoms. The molecule has 30 heavy (non-hydrogen) atoms. The molecule has 3 unspecified atom stereocenters. The molecular weight excluding hydrogens is 453 g/mol. The van der Waals surface area contributed by atoms with Gasteiger partial charge in [-0.05, 0) is 12.8 Å². The lowest BCUT2D eigenvalue weighted by Gasteiger charge is -2.37. The summed E-state index contributed by atoms with van der Waals surface area (Å²) in [6, 6.07) is 0. The van der Waals surface area contributed by atoms with Crippen molar-refractivity contribution in [1.82, 2.24) is 0 Å². The van der Waals surface area contributed by atoms with Gasteiger partial charge >= 0.3 is 42.1 Å². The minimum absolute atomic E-state index is 0.168. The van der Waals surface area contributed by atoms with Gasteiger partial charge in [0.2, 0.25) is 6.17 Å². The monoisotopic (exact) mass is 470 g/mol. The van der Waals surface area contributed by atoms with Crippen molar-refractivity contribution in [3.05, 3.63) is 0 Å². The molecule has 178 valence electrons. The number of carboxylic acid groups (broad SMARTS) is 1. The highest BCUT2D eigenvalue weighted by Crippen LogP contribution is 2.55. The second-order valence-corrected chi connectivity index (χ2v) is 6.37. The molecule has 0 aromatic carbocycles. The normalized spacial score (nSPS) is 16.9. The van der Waals surface area contributed by atoms with Gasteiger partial charge in [0, 0.05) is 0 Å². The largest absolute Gasteiger partial charge is 0.481 e. The van der Waals surface area contributed by atoms with Crippen LogP contribution in [0.3, 0.4) is 0 Å². The summed E-state index contributed by atoms with van der Waals surface area (Å²) in [5.74, 6) is -33.7. The van der Waals surface area contributed by atoms with Gasteiger partial charge in [-0.3, -0.25) is 9.59 Å². The van der Waals surface area contributed by atoms with E-state index in [4.69, 9.17) is 5.11 Å². The molecule has 0 aliphatic heterocycles. The Hall–Kier alpha value is -1.83. The molecule has 0 aliphatic carbocycles. The smallest absolute Gasteiger partial charge is 0.384 e. The number of carbonyl (C=O) groups excluding carboxylic acids is 1. The summed E-state index contributed by atoms with van der Waals surface area (Å²) < 4.78 is 147. The third-order valence-corrected chi connectivity index (χ3v) is 4.16. The molecule has 0 spiro atoms. The highest BCUT2D eigenvalue weighted by molar-refractivity contribution is 5.74. The van der Waals surface area contributed by atoms with Gasteiger partial charge in [-0.2, -0.15) is 35.1 Å². The Bertz CT molecular complexity index is 609. The quantitative estimate of drug-likeness (QED) is 0.329. The van der Waals surface area contributed by atoms with Crippen LogP contribution in [-0.2, 0) is 14.3 Å². The molecule has 0 saturated heterocycles. The number of halogens is 11. The maximum atomic E-state index is 13.5. The third-order valence-electron chi connectivity index (χ3n) is 4.16. The summed E-state index contributed by atoms with van der Waals surface area (Å²) in [6.45, 7) is 0.120. The first kappa shape index (κ1) is 28.2. The van der Waals surface area contributed by atoms with Gasteiger partial charge < -0.3 is 9.84 Å². The highest BCUT2D eigenvalue weighted by Gasteiger charge is 2.84. The predicted octanol–water partition coefficient (Wildman–Crippen LogP) is 4.81. The first-order valence-corrected chi connectivity index (χ1v) is 8.11. The highest BCUT2D eigenvalue weighted by atomic mass is 19.4. The molecule has 0 fully saturated rings. The van der Waals surface area contributed by atoms with Crippen LogP contribution in [0.5, 0.6) is 0 Å². The Kier molecular flexibility index (Phi) is 8.96. The van der Waals surface area contributed by atoms with Gasteiger partial charge in [0.15, 0.2) is 0 Å². The predicted molar refractivity (Wildman–Crippen MR) is 76.8 cm³/mol. The first-order valence-electron chi connectivity index (χ1n) is 8.11. The minimum atomic E-state index is -7.37. The van der Waals surface area contributed by atoms with Gasteiger partial charge in [0.05, 0.1) is 11.8 Å². The standard InChI is InChI=1S/C15H17F11O4/c1-3-7(4-6(2)9(27)28)10(29)30-5-8(16)12(19,20)14(23,24)15(25,26)13(21,22)11(17)18/h6-8,11H,3-5H2,1-2H3,(H,27,28). The maximum Gasteiger partial charge on any atom is 0.384 e. The van der Waals surface area contributed by atoms with E-state index in [1.807, 2.05) is 0 Å². The molecular formula is C15H17F11O4. The van der Waals surface area contributed by atoms with Gasteiger partial charge in [-0.15, -0.1) is 0 Å². The number of hydrogen-bond donors (Lipinski definition) is 1. The van der Waals surface area contributed by atoms with Crippen molar-refractivity contribution in [1.29, 1.82) is 0 Å². The number of esters is 1. The number of carbonyl (C=O) groups is 2. The van der Waals surface area contributed by atoms with E-state index in [1.54, 1.807) is 0 Å². The molecule has 0 radical (unpaired) electrons. The number of ether oxygens (including phenoxy) is 1. The molecule has 0 rings (SSSR count). The zero-order chi connectivity index (χ0) is 24.3. The molecule has 0 amide bonds. The van der Waals surface area contributed by atoms with E-state index in [2.05, 4.69) is 4.74 Å². The zero-order valence-electron chi connectivity index (χ0n) is 15.3. The van der Waals surface area contributed by atoms with Crippen molar-refractivity contribution >= 4 is 11.9 Å². The Morgan fingerprint density at radius 3 is 1.70 bits per heavy atom. The number of alkyl halides is 11. The Balaban J connectivity index is 5.44.